The highest BCUT2D eigenvalue weighted by molar-refractivity contribution is 5.90. The van der Waals surface area contributed by atoms with E-state index in [1.54, 1.807) is 20.8 Å². The quantitative estimate of drug-likeness (QED) is 0.545. The molecule has 0 aliphatic heterocycles. The number of esters is 1. The monoisotopic (exact) mass is 360 g/mol. The molecule has 0 fully saturated rings. The first kappa shape index (κ1) is 22.4. The van der Waals surface area contributed by atoms with E-state index in [0.717, 1.165) is 12.0 Å². The second-order valence-corrected chi connectivity index (χ2v) is 6.11. The number of hydrogen-bond acceptors (Lipinski definition) is 7. The molecule has 0 spiro atoms. The molecule has 0 aromatic carbocycles. The highest BCUT2D eigenvalue weighted by atomic mass is 16.6. The lowest BCUT2D eigenvalue weighted by molar-refractivity contribution is -0.151. The van der Waals surface area contributed by atoms with Crippen molar-refractivity contribution in [1.82, 2.24) is 10.2 Å². The van der Waals surface area contributed by atoms with Gasteiger partial charge in [0.15, 0.2) is 5.78 Å². The van der Waals surface area contributed by atoms with Crippen LogP contribution in [0.4, 0.5) is 4.79 Å². The first-order chi connectivity index (χ1) is 11.4. The van der Waals surface area contributed by atoms with Gasteiger partial charge in [0.2, 0.25) is 5.91 Å². The standard InChI is InChI=1S/C15H24N2O8/c1-15(2,3)25-14(23)16-7-10(18)5-6-11(19)17(8-12(20)21)9-13(22)24-4/h5-9H2,1-4H3,(H,16,23)(H,20,21). The van der Waals surface area contributed by atoms with Gasteiger partial charge in [-0.1, -0.05) is 0 Å². The summed E-state index contributed by atoms with van der Waals surface area (Å²) in [6.45, 7) is 3.49. The Morgan fingerprint density at radius 3 is 2.12 bits per heavy atom. The third-order valence-electron chi connectivity index (χ3n) is 2.67. The van der Waals surface area contributed by atoms with Crippen molar-refractivity contribution in [3.05, 3.63) is 0 Å². The zero-order chi connectivity index (χ0) is 19.6. The number of rotatable bonds is 9. The zero-order valence-corrected chi connectivity index (χ0v) is 14.8. The van der Waals surface area contributed by atoms with Gasteiger partial charge >= 0.3 is 18.0 Å². The lowest BCUT2D eigenvalue weighted by atomic mass is 10.2. The van der Waals surface area contributed by atoms with E-state index in [9.17, 15) is 24.0 Å². The maximum absolute atomic E-state index is 12.0. The molecule has 0 aliphatic rings. The molecule has 0 saturated carbocycles. The molecule has 0 rings (SSSR count). The topological polar surface area (TPSA) is 139 Å². The van der Waals surface area contributed by atoms with Gasteiger partial charge < -0.3 is 24.8 Å². The van der Waals surface area contributed by atoms with Crippen molar-refractivity contribution in [2.45, 2.75) is 39.2 Å². The van der Waals surface area contributed by atoms with Gasteiger partial charge in [-0.3, -0.25) is 19.2 Å². The molecular weight excluding hydrogens is 336 g/mol. The second kappa shape index (κ2) is 10.3. The molecule has 0 aromatic heterocycles. The second-order valence-electron chi connectivity index (χ2n) is 6.11. The van der Waals surface area contributed by atoms with Gasteiger partial charge in [0.25, 0.3) is 0 Å². The number of alkyl carbamates (subject to hydrolysis) is 1. The Morgan fingerprint density at radius 2 is 1.64 bits per heavy atom. The molecule has 10 nitrogen and oxygen atoms in total. The summed E-state index contributed by atoms with van der Waals surface area (Å²) in [6, 6.07) is 0. The minimum Gasteiger partial charge on any atom is -0.480 e. The summed E-state index contributed by atoms with van der Waals surface area (Å²) in [6.07, 6.45) is -1.27. The number of amides is 2. The number of carbonyl (C=O) groups is 5. The maximum Gasteiger partial charge on any atom is 0.408 e. The number of carbonyl (C=O) groups excluding carboxylic acids is 4. The van der Waals surface area contributed by atoms with Crippen molar-refractivity contribution < 1.29 is 38.6 Å². The predicted molar refractivity (Wildman–Crippen MR) is 84.7 cm³/mol. The number of aliphatic carboxylic acids is 1. The Bertz CT molecular complexity index is 524. The minimum atomic E-state index is -1.30. The number of nitrogens with zero attached hydrogens (tertiary/aromatic N) is 1. The van der Waals surface area contributed by atoms with Crippen LogP contribution in [0.15, 0.2) is 0 Å². The fourth-order valence-corrected chi connectivity index (χ4v) is 1.59. The highest BCUT2D eigenvalue weighted by Gasteiger charge is 2.21. The summed E-state index contributed by atoms with van der Waals surface area (Å²) in [5.74, 6) is -3.19. The average molecular weight is 360 g/mol. The van der Waals surface area contributed by atoms with Gasteiger partial charge in [0.05, 0.1) is 13.7 Å². The molecule has 0 aliphatic carbocycles. The predicted octanol–water partition coefficient (Wildman–Crippen LogP) is -0.0534. The van der Waals surface area contributed by atoms with E-state index in [2.05, 4.69) is 10.1 Å². The van der Waals surface area contributed by atoms with E-state index in [0.29, 0.717) is 0 Å². The molecule has 142 valence electrons. The fourth-order valence-electron chi connectivity index (χ4n) is 1.59. The number of ether oxygens (including phenoxy) is 2. The third-order valence-corrected chi connectivity index (χ3v) is 2.67. The van der Waals surface area contributed by atoms with Crippen LogP contribution < -0.4 is 5.32 Å². The van der Waals surface area contributed by atoms with Crippen LogP contribution in [-0.2, 0) is 28.7 Å². The first-order valence-corrected chi connectivity index (χ1v) is 7.49. The van der Waals surface area contributed by atoms with E-state index in [1.807, 2.05) is 0 Å². The van der Waals surface area contributed by atoms with Crippen LogP contribution in [0.1, 0.15) is 33.6 Å². The van der Waals surface area contributed by atoms with Gasteiger partial charge in [0.1, 0.15) is 18.7 Å². The van der Waals surface area contributed by atoms with Crippen LogP contribution in [0, 0.1) is 0 Å². The average Bonchev–Trinajstić information content (AvgIpc) is 2.47. The molecular formula is C15H24N2O8. The molecule has 0 unspecified atom stereocenters. The van der Waals surface area contributed by atoms with Crippen LogP contribution in [0.2, 0.25) is 0 Å². The fraction of sp³-hybridized carbons (Fsp3) is 0.667. The molecule has 0 atom stereocenters. The number of hydrogen-bond donors (Lipinski definition) is 2. The maximum atomic E-state index is 12.0. The van der Waals surface area contributed by atoms with Gasteiger partial charge in [-0.05, 0) is 20.8 Å². The van der Waals surface area contributed by atoms with E-state index in [1.165, 1.54) is 0 Å². The summed E-state index contributed by atoms with van der Waals surface area (Å²) in [4.78, 5) is 57.8. The Hall–Kier alpha value is -2.65. The number of nitrogens with one attached hydrogen (secondary N) is 1. The van der Waals surface area contributed by atoms with Crippen LogP contribution in [0.3, 0.4) is 0 Å². The largest absolute Gasteiger partial charge is 0.480 e. The van der Waals surface area contributed by atoms with Crippen LogP contribution in [0.25, 0.3) is 0 Å². The van der Waals surface area contributed by atoms with E-state index in [4.69, 9.17) is 9.84 Å². The van der Waals surface area contributed by atoms with Crippen LogP contribution >= 0.6 is 0 Å². The van der Waals surface area contributed by atoms with Crippen molar-refractivity contribution >= 4 is 29.7 Å². The van der Waals surface area contributed by atoms with Gasteiger partial charge in [-0.15, -0.1) is 0 Å². The van der Waals surface area contributed by atoms with Crippen molar-refractivity contribution in [3.8, 4) is 0 Å². The van der Waals surface area contributed by atoms with E-state index in [-0.39, 0.29) is 19.4 Å². The lowest BCUT2D eigenvalue weighted by Gasteiger charge is -2.20. The number of ketones is 1. The van der Waals surface area contributed by atoms with Crippen LogP contribution in [-0.4, -0.2) is 72.1 Å². The van der Waals surface area contributed by atoms with Gasteiger partial charge in [-0.25, -0.2) is 4.79 Å². The number of carboxylic acid groups (broad SMARTS) is 1. The van der Waals surface area contributed by atoms with Crippen molar-refractivity contribution in [1.29, 1.82) is 0 Å². The van der Waals surface area contributed by atoms with E-state index >= 15 is 0 Å². The summed E-state index contributed by atoms with van der Waals surface area (Å²) in [7, 11) is 1.11. The Kier molecular flexibility index (Phi) is 9.18. The Labute approximate surface area is 145 Å². The number of Topliss-reactive ketones (excluding diaryl/α,β-unsaturated/α-hetero) is 1. The third kappa shape index (κ3) is 11.5. The molecule has 0 radical (unpaired) electrons. The number of carboxylic acids is 1. The molecule has 25 heavy (non-hydrogen) atoms. The Balaban J connectivity index is 4.38. The van der Waals surface area contributed by atoms with Crippen molar-refractivity contribution in [2.75, 3.05) is 26.7 Å². The minimum absolute atomic E-state index is 0.216. The van der Waals surface area contributed by atoms with Crippen LogP contribution in [0.5, 0.6) is 0 Å². The van der Waals surface area contributed by atoms with Gasteiger partial charge in [-0.2, -0.15) is 0 Å². The summed E-state index contributed by atoms with van der Waals surface area (Å²) >= 11 is 0. The summed E-state index contributed by atoms with van der Waals surface area (Å²) < 4.78 is 9.35. The number of methoxy groups -OCH3 is 1. The zero-order valence-electron chi connectivity index (χ0n) is 14.8. The Morgan fingerprint density at radius 1 is 1.04 bits per heavy atom. The normalized spacial score (nSPS) is 10.6. The highest BCUT2D eigenvalue weighted by Crippen LogP contribution is 2.06. The summed E-state index contributed by atoms with van der Waals surface area (Å²) in [5, 5.41) is 11.0. The summed E-state index contributed by atoms with van der Waals surface area (Å²) in [5.41, 5.74) is -0.700. The van der Waals surface area contributed by atoms with Crippen molar-refractivity contribution in [3.63, 3.8) is 0 Å². The van der Waals surface area contributed by atoms with E-state index < -0.39 is 48.4 Å². The van der Waals surface area contributed by atoms with Gasteiger partial charge in [0, 0.05) is 12.8 Å². The molecule has 2 amide bonds. The SMILES string of the molecule is COC(=O)CN(CC(=O)O)C(=O)CCC(=O)CNC(=O)OC(C)(C)C. The smallest absolute Gasteiger partial charge is 0.408 e. The first-order valence-electron chi connectivity index (χ1n) is 7.49. The molecule has 0 saturated heterocycles. The molecule has 0 bridgehead atoms. The molecule has 0 aromatic rings. The molecule has 0 heterocycles. The molecule has 10 heteroatoms. The van der Waals surface area contributed by atoms with Crippen molar-refractivity contribution in [2.24, 2.45) is 0 Å². The molecule has 2 N–H and O–H groups in total. The lowest BCUT2D eigenvalue weighted by Crippen LogP contribution is -2.40.